The van der Waals surface area contributed by atoms with E-state index in [-0.39, 0.29) is 10.6 Å². The molecule has 0 unspecified atom stereocenters. The van der Waals surface area contributed by atoms with Gasteiger partial charge in [-0.2, -0.15) is 0 Å². The molecule has 1 rings (SSSR count). The van der Waals surface area contributed by atoms with Crippen LogP contribution in [-0.2, 0) is 14.8 Å². The van der Waals surface area contributed by atoms with E-state index in [1.807, 2.05) is 6.92 Å². The summed E-state index contributed by atoms with van der Waals surface area (Å²) in [6.45, 7) is 3.48. The molecule has 0 fully saturated rings. The van der Waals surface area contributed by atoms with Gasteiger partial charge in [-0.1, -0.05) is 13.0 Å². The maximum atomic E-state index is 13.6. The van der Waals surface area contributed by atoms with Crippen LogP contribution in [0.4, 0.5) is 10.1 Å². The molecule has 0 saturated carbocycles. The zero-order valence-corrected chi connectivity index (χ0v) is 11.4. The van der Waals surface area contributed by atoms with Gasteiger partial charge in [-0.3, -0.25) is 4.79 Å². The van der Waals surface area contributed by atoms with Gasteiger partial charge in [0.25, 0.3) is 5.91 Å². The zero-order chi connectivity index (χ0) is 14.6. The molecule has 0 aliphatic rings. The molecule has 1 aromatic rings. The van der Waals surface area contributed by atoms with E-state index in [0.717, 1.165) is 18.2 Å². The normalized spacial score (nSPS) is 12.3. The Hall–Kier alpha value is -1.73. The minimum absolute atomic E-state index is 0.0961. The summed E-state index contributed by atoms with van der Waals surface area (Å²) in [6, 6.07) is 3.06. The van der Waals surface area contributed by atoms with Crippen molar-refractivity contribution in [2.24, 2.45) is 5.14 Å². The lowest BCUT2D eigenvalue weighted by atomic mass is 10.2. The summed E-state index contributed by atoms with van der Waals surface area (Å²) in [5.74, 6) is -1.30. The van der Waals surface area contributed by atoms with Crippen LogP contribution in [0, 0.1) is 5.82 Å². The minimum Gasteiger partial charge on any atom is -0.320 e. The van der Waals surface area contributed by atoms with E-state index in [2.05, 4.69) is 5.32 Å². The van der Waals surface area contributed by atoms with Gasteiger partial charge < -0.3 is 5.32 Å². The number of nitrogens with two attached hydrogens (primary N) is 1. The number of hydrogen-bond acceptors (Lipinski definition) is 3. The maximum Gasteiger partial charge on any atom is 0.251 e. The monoisotopic (exact) mass is 286 g/mol. The Labute approximate surface area is 111 Å². The van der Waals surface area contributed by atoms with Crippen LogP contribution in [0.25, 0.3) is 0 Å². The number of anilines is 1. The van der Waals surface area contributed by atoms with Gasteiger partial charge in [-0.05, 0) is 31.5 Å². The predicted octanol–water partition coefficient (Wildman–Crippen LogP) is 1.77. The second-order valence-corrected chi connectivity index (χ2v) is 5.50. The van der Waals surface area contributed by atoms with Crippen LogP contribution >= 0.6 is 0 Å². The molecular weight excluding hydrogens is 271 g/mol. The van der Waals surface area contributed by atoms with E-state index in [1.165, 1.54) is 0 Å². The average Bonchev–Trinajstić information content (AvgIpc) is 2.30. The molecule has 0 aliphatic carbocycles. The fraction of sp³-hybridized carbons (Fsp3) is 0.250. The van der Waals surface area contributed by atoms with Crippen LogP contribution in [-0.4, -0.2) is 14.3 Å². The van der Waals surface area contributed by atoms with Gasteiger partial charge in [0, 0.05) is 5.57 Å². The first-order chi connectivity index (χ1) is 8.75. The molecule has 0 aromatic heterocycles. The summed E-state index contributed by atoms with van der Waals surface area (Å²) < 4.78 is 35.7. The number of carbonyl (C=O) groups excluding carboxylic acids is 1. The Balaban J connectivity index is 2.99. The third kappa shape index (κ3) is 4.15. The number of nitrogens with one attached hydrogen (secondary N) is 1. The molecule has 1 aromatic carbocycles. The molecule has 7 heteroatoms. The van der Waals surface area contributed by atoms with Crippen molar-refractivity contribution >= 4 is 21.6 Å². The molecular formula is C12H15FN2O3S. The van der Waals surface area contributed by atoms with E-state index < -0.39 is 21.7 Å². The molecule has 3 N–H and O–H groups in total. The second kappa shape index (κ2) is 5.94. The Morgan fingerprint density at radius 2 is 2.11 bits per heavy atom. The molecule has 0 bridgehead atoms. The van der Waals surface area contributed by atoms with Crippen molar-refractivity contribution in [2.75, 3.05) is 5.32 Å². The lowest BCUT2D eigenvalue weighted by Gasteiger charge is -2.07. The van der Waals surface area contributed by atoms with E-state index >= 15 is 0 Å². The highest BCUT2D eigenvalue weighted by atomic mass is 32.2. The summed E-state index contributed by atoms with van der Waals surface area (Å²) in [4.78, 5) is 11.3. The van der Waals surface area contributed by atoms with Gasteiger partial charge in [-0.15, -0.1) is 0 Å². The molecule has 5 nitrogen and oxygen atoms in total. The van der Waals surface area contributed by atoms with Crippen LogP contribution in [0.1, 0.15) is 20.3 Å². The number of amides is 1. The van der Waals surface area contributed by atoms with Crippen molar-refractivity contribution in [1.82, 2.24) is 0 Å². The fourth-order valence-corrected chi connectivity index (χ4v) is 1.92. The average molecular weight is 286 g/mol. The van der Waals surface area contributed by atoms with Gasteiger partial charge in [0.05, 0.1) is 10.6 Å². The maximum absolute atomic E-state index is 13.6. The molecule has 0 radical (unpaired) electrons. The lowest BCUT2D eigenvalue weighted by Crippen LogP contribution is -2.15. The molecule has 0 heterocycles. The highest BCUT2D eigenvalue weighted by molar-refractivity contribution is 7.89. The van der Waals surface area contributed by atoms with Gasteiger partial charge in [-0.25, -0.2) is 17.9 Å². The van der Waals surface area contributed by atoms with Crippen LogP contribution in [0.15, 0.2) is 34.7 Å². The molecule has 0 spiro atoms. The summed E-state index contributed by atoms with van der Waals surface area (Å²) in [6.07, 6.45) is 2.39. The number of carbonyl (C=O) groups is 1. The Morgan fingerprint density at radius 3 is 2.58 bits per heavy atom. The van der Waals surface area contributed by atoms with Crippen molar-refractivity contribution in [2.45, 2.75) is 25.2 Å². The molecule has 19 heavy (non-hydrogen) atoms. The Bertz CT molecular complexity index is 624. The fourth-order valence-electron chi connectivity index (χ4n) is 1.39. The number of halogens is 1. The first-order valence-corrected chi connectivity index (χ1v) is 7.10. The van der Waals surface area contributed by atoms with Crippen molar-refractivity contribution in [1.29, 1.82) is 0 Å². The first kappa shape index (κ1) is 15.3. The van der Waals surface area contributed by atoms with Gasteiger partial charge >= 0.3 is 0 Å². The summed E-state index contributed by atoms with van der Waals surface area (Å²) in [5.41, 5.74) is 0.360. The third-order valence-electron chi connectivity index (χ3n) is 2.39. The molecule has 0 saturated heterocycles. The van der Waals surface area contributed by atoms with Gasteiger partial charge in [0.1, 0.15) is 5.82 Å². The van der Waals surface area contributed by atoms with Crippen molar-refractivity contribution in [3.8, 4) is 0 Å². The topological polar surface area (TPSA) is 89.3 Å². The van der Waals surface area contributed by atoms with E-state index in [4.69, 9.17) is 5.14 Å². The minimum atomic E-state index is -3.96. The number of allylic oxidation sites excluding steroid dienone is 1. The summed E-state index contributed by atoms with van der Waals surface area (Å²) >= 11 is 0. The number of hydrogen-bond donors (Lipinski definition) is 2. The quantitative estimate of drug-likeness (QED) is 0.827. The van der Waals surface area contributed by atoms with Crippen molar-refractivity contribution < 1.29 is 17.6 Å². The highest BCUT2D eigenvalue weighted by Crippen LogP contribution is 2.18. The van der Waals surface area contributed by atoms with Crippen molar-refractivity contribution in [3.05, 3.63) is 35.7 Å². The van der Waals surface area contributed by atoms with Crippen LogP contribution < -0.4 is 10.5 Å². The van der Waals surface area contributed by atoms with Crippen molar-refractivity contribution in [3.63, 3.8) is 0 Å². The molecule has 104 valence electrons. The SMILES string of the molecule is CC/C=C(/C)C(=O)Nc1ccc(S(N)(=O)=O)cc1F. The number of benzene rings is 1. The Kier molecular flexibility index (Phi) is 4.79. The lowest BCUT2D eigenvalue weighted by molar-refractivity contribution is -0.112. The molecule has 0 atom stereocenters. The summed E-state index contributed by atoms with van der Waals surface area (Å²) in [5, 5.41) is 7.23. The highest BCUT2D eigenvalue weighted by Gasteiger charge is 2.13. The number of primary sulfonamides is 1. The predicted molar refractivity (Wildman–Crippen MR) is 70.5 cm³/mol. The van der Waals surface area contributed by atoms with E-state index in [1.54, 1.807) is 13.0 Å². The van der Waals surface area contributed by atoms with E-state index in [0.29, 0.717) is 12.0 Å². The van der Waals surface area contributed by atoms with Crippen LogP contribution in [0.5, 0.6) is 0 Å². The van der Waals surface area contributed by atoms with E-state index in [9.17, 15) is 17.6 Å². The van der Waals surface area contributed by atoms with Gasteiger partial charge in [0.2, 0.25) is 10.0 Å². The van der Waals surface area contributed by atoms with Crippen LogP contribution in [0.2, 0.25) is 0 Å². The van der Waals surface area contributed by atoms with Crippen LogP contribution in [0.3, 0.4) is 0 Å². The largest absolute Gasteiger partial charge is 0.320 e. The number of rotatable bonds is 4. The molecule has 0 aliphatic heterocycles. The summed E-state index contributed by atoms with van der Waals surface area (Å²) in [7, 11) is -3.96. The zero-order valence-electron chi connectivity index (χ0n) is 10.6. The standard InChI is InChI=1S/C12H15FN2O3S/c1-3-4-8(2)12(16)15-11-6-5-9(7-10(11)13)19(14,17)18/h4-7H,3H2,1-2H3,(H,15,16)(H2,14,17,18)/b8-4-. The third-order valence-corrected chi connectivity index (χ3v) is 3.30. The second-order valence-electron chi connectivity index (χ2n) is 3.94. The van der Waals surface area contributed by atoms with Gasteiger partial charge in [0.15, 0.2) is 0 Å². The first-order valence-electron chi connectivity index (χ1n) is 5.56. The Morgan fingerprint density at radius 1 is 1.47 bits per heavy atom. The number of sulfonamides is 1. The molecule has 1 amide bonds. The smallest absolute Gasteiger partial charge is 0.251 e.